The number of hydrogen-bond donors (Lipinski definition) is 1. The standard InChI is InChI=1S/C19H14N4O3/c1-12-11-16(22-26-12)20-18(24)17-14-9-5-6-10-15(14)19(25)23(21-17)13-7-3-2-4-8-13/h2-11H,1H3,(H,20,22,24). The molecule has 0 aliphatic rings. The first-order valence-corrected chi connectivity index (χ1v) is 7.95. The Morgan fingerprint density at radius 2 is 1.73 bits per heavy atom. The molecular weight excluding hydrogens is 332 g/mol. The van der Waals surface area contributed by atoms with Crippen molar-refractivity contribution in [1.82, 2.24) is 14.9 Å². The molecule has 4 aromatic rings. The summed E-state index contributed by atoms with van der Waals surface area (Å²) in [6, 6.07) is 17.4. The Hall–Kier alpha value is -3.74. The molecule has 0 aliphatic carbocycles. The van der Waals surface area contributed by atoms with E-state index in [0.29, 0.717) is 22.2 Å². The molecule has 7 heteroatoms. The molecule has 0 bridgehead atoms. The third-order valence-electron chi connectivity index (χ3n) is 3.89. The quantitative estimate of drug-likeness (QED) is 0.616. The summed E-state index contributed by atoms with van der Waals surface area (Å²) in [5, 5.41) is 11.6. The summed E-state index contributed by atoms with van der Waals surface area (Å²) >= 11 is 0. The fourth-order valence-corrected chi connectivity index (χ4v) is 2.70. The number of nitrogens with one attached hydrogen (secondary N) is 1. The van der Waals surface area contributed by atoms with E-state index in [1.54, 1.807) is 61.5 Å². The Kier molecular flexibility index (Phi) is 3.81. The first kappa shape index (κ1) is 15.8. The Morgan fingerprint density at radius 1 is 1.04 bits per heavy atom. The van der Waals surface area contributed by atoms with Crippen molar-refractivity contribution < 1.29 is 9.32 Å². The summed E-state index contributed by atoms with van der Waals surface area (Å²) in [5.74, 6) is 0.391. The van der Waals surface area contributed by atoms with Gasteiger partial charge in [0, 0.05) is 11.5 Å². The lowest BCUT2D eigenvalue weighted by atomic mass is 10.1. The molecule has 0 aliphatic heterocycles. The van der Waals surface area contributed by atoms with Crippen molar-refractivity contribution in [3.63, 3.8) is 0 Å². The first-order chi connectivity index (χ1) is 12.6. The summed E-state index contributed by atoms with van der Waals surface area (Å²) in [7, 11) is 0. The molecule has 26 heavy (non-hydrogen) atoms. The molecule has 0 spiro atoms. The van der Waals surface area contributed by atoms with Gasteiger partial charge in [0.05, 0.1) is 11.1 Å². The lowest BCUT2D eigenvalue weighted by Gasteiger charge is -2.10. The van der Waals surface area contributed by atoms with E-state index in [4.69, 9.17) is 4.52 Å². The molecule has 0 saturated carbocycles. The van der Waals surface area contributed by atoms with Gasteiger partial charge >= 0.3 is 0 Å². The smallest absolute Gasteiger partial charge is 0.279 e. The zero-order valence-corrected chi connectivity index (χ0v) is 13.8. The van der Waals surface area contributed by atoms with E-state index >= 15 is 0 Å². The highest BCUT2D eigenvalue weighted by molar-refractivity contribution is 6.10. The Bertz CT molecular complexity index is 1160. The van der Waals surface area contributed by atoms with Crippen molar-refractivity contribution in [2.45, 2.75) is 6.92 Å². The van der Waals surface area contributed by atoms with Gasteiger partial charge in [-0.15, -0.1) is 0 Å². The molecule has 0 unspecified atom stereocenters. The van der Waals surface area contributed by atoms with Gasteiger partial charge < -0.3 is 9.84 Å². The molecule has 1 N–H and O–H groups in total. The van der Waals surface area contributed by atoms with Gasteiger partial charge in [-0.3, -0.25) is 9.59 Å². The molecule has 2 heterocycles. The van der Waals surface area contributed by atoms with E-state index in [2.05, 4.69) is 15.6 Å². The van der Waals surface area contributed by atoms with E-state index in [0.717, 1.165) is 0 Å². The Balaban J connectivity index is 1.89. The molecule has 0 saturated heterocycles. The third kappa shape index (κ3) is 2.75. The van der Waals surface area contributed by atoms with Crippen LogP contribution in [0.1, 0.15) is 16.2 Å². The summed E-state index contributed by atoms with van der Waals surface area (Å²) in [5.41, 5.74) is 0.417. The molecule has 7 nitrogen and oxygen atoms in total. The predicted octanol–water partition coefficient (Wildman–Crippen LogP) is 2.93. The molecule has 1 amide bonds. The lowest BCUT2D eigenvalue weighted by molar-refractivity contribution is 0.102. The second-order valence-electron chi connectivity index (χ2n) is 5.72. The fourth-order valence-electron chi connectivity index (χ4n) is 2.70. The monoisotopic (exact) mass is 346 g/mol. The largest absolute Gasteiger partial charge is 0.360 e. The van der Waals surface area contributed by atoms with Crippen molar-refractivity contribution in [2.75, 3.05) is 5.32 Å². The van der Waals surface area contributed by atoms with Crippen LogP contribution in [0.3, 0.4) is 0 Å². The Morgan fingerprint density at radius 3 is 2.42 bits per heavy atom. The number of amides is 1. The number of rotatable bonds is 3. The topological polar surface area (TPSA) is 90.0 Å². The van der Waals surface area contributed by atoms with Crippen LogP contribution in [0, 0.1) is 6.92 Å². The van der Waals surface area contributed by atoms with E-state index in [9.17, 15) is 9.59 Å². The lowest BCUT2D eigenvalue weighted by Crippen LogP contribution is -2.26. The number of benzene rings is 2. The van der Waals surface area contributed by atoms with Gasteiger partial charge in [-0.1, -0.05) is 41.6 Å². The number of carbonyl (C=O) groups is 1. The number of carbonyl (C=O) groups excluding carboxylic acids is 1. The minimum absolute atomic E-state index is 0.129. The average molecular weight is 346 g/mol. The van der Waals surface area contributed by atoms with Crippen LogP contribution in [-0.4, -0.2) is 20.8 Å². The molecule has 4 rings (SSSR count). The van der Waals surface area contributed by atoms with E-state index in [1.165, 1.54) is 4.68 Å². The highest BCUT2D eigenvalue weighted by Crippen LogP contribution is 2.17. The van der Waals surface area contributed by atoms with E-state index in [-0.39, 0.29) is 17.1 Å². The summed E-state index contributed by atoms with van der Waals surface area (Å²) in [4.78, 5) is 25.6. The van der Waals surface area contributed by atoms with Gasteiger partial charge in [-0.05, 0) is 25.1 Å². The number of hydrogen-bond acceptors (Lipinski definition) is 5. The second-order valence-corrected chi connectivity index (χ2v) is 5.72. The van der Waals surface area contributed by atoms with Crippen molar-refractivity contribution in [3.05, 3.63) is 82.5 Å². The number of aromatic nitrogens is 3. The fraction of sp³-hybridized carbons (Fsp3) is 0.0526. The van der Waals surface area contributed by atoms with Crippen LogP contribution in [0.5, 0.6) is 0 Å². The van der Waals surface area contributed by atoms with Gasteiger partial charge in [-0.25, -0.2) is 0 Å². The Labute approximate surface area is 147 Å². The predicted molar refractivity (Wildman–Crippen MR) is 96.5 cm³/mol. The highest BCUT2D eigenvalue weighted by atomic mass is 16.5. The molecule has 2 aromatic carbocycles. The molecule has 0 fully saturated rings. The third-order valence-corrected chi connectivity index (χ3v) is 3.89. The minimum Gasteiger partial charge on any atom is -0.360 e. The molecule has 0 radical (unpaired) electrons. The normalized spacial score (nSPS) is 10.8. The van der Waals surface area contributed by atoms with E-state index < -0.39 is 5.91 Å². The molecular formula is C19H14N4O3. The maximum Gasteiger partial charge on any atom is 0.279 e. The zero-order valence-electron chi connectivity index (χ0n) is 13.8. The van der Waals surface area contributed by atoms with Crippen LogP contribution in [-0.2, 0) is 0 Å². The minimum atomic E-state index is -0.473. The SMILES string of the molecule is Cc1cc(NC(=O)c2nn(-c3ccccc3)c(=O)c3ccccc23)no1. The number of fused-ring (bicyclic) bond motifs is 1. The number of aryl methyl sites for hydroxylation is 1. The van der Waals surface area contributed by atoms with Crippen LogP contribution in [0.4, 0.5) is 5.82 Å². The van der Waals surface area contributed by atoms with Crippen molar-refractivity contribution in [2.24, 2.45) is 0 Å². The van der Waals surface area contributed by atoms with Crippen LogP contribution >= 0.6 is 0 Å². The van der Waals surface area contributed by atoms with Gasteiger partial charge in [0.2, 0.25) is 0 Å². The van der Waals surface area contributed by atoms with Crippen LogP contribution in [0.2, 0.25) is 0 Å². The second kappa shape index (κ2) is 6.29. The van der Waals surface area contributed by atoms with Gasteiger partial charge in [0.25, 0.3) is 11.5 Å². The summed E-state index contributed by atoms with van der Waals surface area (Å²) in [6.45, 7) is 1.73. The average Bonchev–Trinajstić information content (AvgIpc) is 3.07. The van der Waals surface area contributed by atoms with Gasteiger partial charge in [0.15, 0.2) is 11.5 Å². The maximum atomic E-state index is 12.8. The van der Waals surface area contributed by atoms with Crippen molar-refractivity contribution >= 4 is 22.5 Å². The van der Waals surface area contributed by atoms with Gasteiger partial charge in [-0.2, -0.15) is 9.78 Å². The van der Waals surface area contributed by atoms with E-state index in [1.807, 2.05) is 6.07 Å². The van der Waals surface area contributed by atoms with Crippen LogP contribution in [0.15, 0.2) is 70.0 Å². The van der Waals surface area contributed by atoms with Gasteiger partial charge in [0.1, 0.15) is 5.76 Å². The highest BCUT2D eigenvalue weighted by Gasteiger charge is 2.18. The summed E-state index contributed by atoms with van der Waals surface area (Å²) < 4.78 is 6.19. The molecule has 0 atom stereocenters. The molecule has 128 valence electrons. The number of nitrogens with zero attached hydrogens (tertiary/aromatic N) is 3. The first-order valence-electron chi connectivity index (χ1n) is 7.95. The zero-order chi connectivity index (χ0) is 18.1. The van der Waals surface area contributed by atoms with Crippen LogP contribution in [0.25, 0.3) is 16.5 Å². The number of para-hydroxylation sites is 1. The summed E-state index contributed by atoms with van der Waals surface area (Å²) in [6.07, 6.45) is 0. The molecule has 2 aromatic heterocycles. The maximum absolute atomic E-state index is 12.8. The van der Waals surface area contributed by atoms with Crippen LogP contribution < -0.4 is 10.9 Å². The van der Waals surface area contributed by atoms with Crippen molar-refractivity contribution in [1.29, 1.82) is 0 Å². The number of anilines is 1. The van der Waals surface area contributed by atoms with Crippen molar-refractivity contribution in [3.8, 4) is 5.69 Å².